The average molecular weight is 801 g/mol. The molecule has 0 saturated carbocycles. The molecule has 0 aliphatic heterocycles. The number of hydrogen-bond donors (Lipinski definition) is 0. The minimum Gasteiger partial charge on any atom is -0.310 e. The summed E-state index contributed by atoms with van der Waals surface area (Å²) >= 11 is 0. The molecule has 0 atom stereocenters. The van der Waals surface area contributed by atoms with E-state index in [1.165, 1.54) is 88.9 Å². The van der Waals surface area contributed by atoms with Gasteiger partial charge in [0.05, 0.1) is 21.8 Å². The number of benzene rings is 8. The molecule has 0 amide bonds. The first-order chi connectivity index (χ1) is 28.2. The van der Waals surface area contributed by atoms with Crippen LogP contribution in [0.2, 0.25) is 39.3 Å². The Labute approximate surface area is 353 Å². The fourth-order valence-electron chi connectivity index (χ4n) is 11.1. The van der Waals surface area contributed by atoms with E-state index in [2.05, 4.69) is 235 Å². The van der Waals surface area contributed by atoms with Crippen molar-refractivity contribution in [1.29, 1.82) is 0 Å². The first-order valence-corrected chi connectivity index (χ1v) is 28.2. The van der Waals surface area contributed by atoms with Gasteiger partial charge in [-0.05, 0) is 132 Å². The molecule has 1 aliphatic carbocycles. The van der Waals surface area contributed by atoms with Crippen LogP contribution in [-0.2, 0) is 4.66 Å². The van der Waals surface area contributed by atoms with E-state index in [-0.39, 0.29) is 4.66 Å². The molecule has 294 valence electrons. The molecule has 0 N–H and O–H groups in total. The second-order valence-corrected chi connectivity index (χ2v) is 29.9. The molecule has 8 aromatic carbocycles. The molecular formula is C55H56N2Si2. The topological polar surface area (TPSA) is 6.48 Å². The van der Waals surface area contributed by atoms with Crippen LogP contribution in [0.3, 0.4) is 0 Å². The average Bonchev–Trinajstić information content (AvgIpc) is 3.53. The van der Waals surface area contributed by atoms with E-state index in [1.54, 1.807) is 5.56 Å². The Morgan fingerprint density at radius 3 is 1.49 bits per heavy atom. The monoisotopic (exact) mass is 800 g/mol. The number of rotatable bonds is 8. The second-order valence-electron chi connectivity index (χ2n) is 18.9. The van der Waals surface area contributed by atoms with Crippen molar-refractivity contribution in [1.82, 2.24) is 0 Å². The van der Waals surface area contributed by atoms with E-state index in [4.69, 9.17) is 0 Å². The van der Waals surface area contributed by atoms with Gasteiger partial charge in [-0.1, -0.05) is 154 Å². The summed E-state index contributed by atoms with van der Waals surface area (Å²) in [6.07, 6.45) is 0. The van der Waals surface area contributed by atoms with E-state index < -0.39 is 16.1 Å². The summed E-state index contributed by atoms with van der Waals surface area (Å²) in [4.78, 5) is 4.97. The molecule has 0 fully saturated rings. The highest BCUT2D eigenvalue weighted by atomic mass is 28.4. The van der Waals surface area contributed by atoms with E-state index >= 15 is 0 Å². The molecule has 0 saturated heterocycles. The Bertz CT molecular complexity index is 2890. The molecule has 0 unspecified atom stereocenters. The Kier molecular flexibility index (Phi) is 9.37. The van der Waals surface area contributed by atoms with Gasteiger partial charge in [0.2, 0.25) is 0 Å². The normalized spacial score (nSPS) is 13.4. The van der Waals surface area contributed by atoms with E-state index in [0.29, 0.717) is 0 Å². The van der Waals surface area contributed by atoms with Crippen molar-refractivity contribution in [2.45, 2.75) is 71.6 Å². The molecule has 0 aromatic heterocycles. The lowest BCUT2D eigenvalue weighted by atomic mass is 9.94. The number of fused-ring (bicyclic) bond motifs is 7. The summed E-state index contributed by atoms with van der Waals surface area (Å²) < 4.78 is -0.0815. The summed E-state index contributed by atoms with van der Waals surface area (Å²) in [6.45, 7) is 24.7. The standard InChI is InChI=1S/C55H56N2Si2/c1-37-25-31-50(39(3)33-37)56(42-19-13-11-14-20-42)44-28-30-45-41(35-44)27-29-48-53-47-24-18-17-23-46(47)52(36-49(53)55(54(45)48,58(5,6)7)59(8,9)10)57(43-21-15-12-16-22-43)51-32-26-38(2)34-40(51)4/h11-36H,1-10H3. The lowest BCUT2D eigenvalue weighted by Gasteiger charge is -2.52. The van der Waals surface area contributed by atoms with Crippen LogP contribution in [0.1, 0.15) is 33.4 Å². The van der Waals surface area contributed by atoms with Gasteiger partial charge < -0.3 is 9.80 Å². The molecule has 0 bridgehead atoms. The van der Waals surface area contributed by atoms with E-state index in [9.17, 15) is 0 Å². The molecule has 59 heavy (non-hydrogen) atoms. The van der Waals surface area contributed by atoms with Gasteiger partial charge in [0.15, 0.2) is 0 Å². The molecule has 9 rings (SSSR count). The maximum absolute atomic E-state index is 2.65. The molecule has 8 aromatic rings. The largest absolute Gasteiger partial charge is 0.310 e. The van der Waals surface area contributed by atoms with Crippen molar-refractivity contribution in [2.75, 3.05) is 9.80 Å². The predicted octanol–water partition coefficient (Wildman–Crippen LogP) is 16.2. The van der Waals surface area contributed by atoms with Gasteiger partial charge in [-0.25, -0.2) is 0 Å². The van der Waals surface area contributed by atoms with Gasteiger partial charge >= 0.3 is 0 Å². The third-order valence-electron chi connectivity index (χ3n) is 13.0. The summed E-state index contributed by atoms with van der Waals surface area (Å²) in [7, 11) is -4.14. The van der Waals surface area contributed by atoms with Crippen molar-refractivity contribution in [3.63, 3.8) is 0 Å². The molecule has 4 heteroatoms. The highest BCUT2D eigenvalue weighted by Gasteiger charge is 2.60. The Morgan fingerprint density at radius 2 is 0.932 bits per heavy atom. The highest BCUT2D eigenvalue weighted by molar-refractivity contribution is 7.00. The zero-order valence-electron chi connectivity index (χ0n) is 36.4. The summed E-state index contributed by atoms with van der Waals surface area (Å²) in [6, 6.07) is 59.6. The molecule has 2 nitrogen and oxygen atoms in total. The fourth-order valence-corrected chi connectivity index (χ4v) is 24.2. The van der Waals surface area contributed by atoms with Crippen LogP contribution in [0.4, 0.5) is 34.1 Å². The van der Waals surface area contributed by atoms with Crippen molar-refractivity contribution in [3.05, 3.63) is 191 Å². The van der Waals surface area contributed by atoms with E-state index in [1.807, 2.05) is 0 Å². The van der Waals surface area contributed by atoms with Crippen LogP contribution in [0.15, 0.2) is 158 Å². The molecule has 1 aliphatic rings. The maximum atomic E-state index is 2.65. The quantitative estimate of drug-likeness (QED) is 0.141. The first kappa shape index (κ1) is 38.8. The van der Waals surface area contributed by atoms with Gasteiger partial charge in [0, 0.05) is 38.5 Å². The second kappa shape index (κ2) is 14.3. The maximum Gasteiger partial charge on any atom is 0.0579 e. The van der Waals surface area contributed by atoms with Crippen LogP contribution in [-0.4, -0.2) is 16.1 Å². The lowest BCUT2D eigenvalue weighted by Crippen LogP contribution is -2.63. The Morgan fingerprint density at radius 1 is 0.407 bits per heavy atom. The predicted molar refractivity (Wildman–Crippen MR) is 263 cm³/mol. The minimum atomic E-state index is -2.07. The van der Waals surface area contributed by atoms with Crippen LogP contribution in [0, 0.1) is 27.7 Å². The third-order valence-corrected chi connectivity index (χ3v) is 23.1. The van der Waals surface area contributed by atoms with Crippen LogP contribution in [0.5, 0.6) is 0 Å². The number of para-hydroxylation sites is 2. The number of hydrogen-bond acceptors (Lipinski definition) is 2. The number of nitrogens with zero attached hydrogens (tertiary/aromatic N) is 2. The van der Waals surface area contributed by atoms with Crippen molar-refractivity contribution < 1.29 is 0 Å². The van der Waals surface area contributed by atoms with Gasteiger partial charge in [0.1, 0.15) is 0 Å². The summed E-state index contributed by atoms with van der Waals surface area (Å²) in [5.74, 6) is 0. The molecule has 0 spiro atoms. The van der Waals surface area contributed by atoms with Crippen molar-refractivity contribution in [2.24, 2.45) is 0 Å². The van der Waals surface area contributed by atoms with Crippen LogP contribution in [0.25, 0.3) is 32.7 Å². The SMILES string of the molecule is Cc1ccc(N(c2ccccc2)c2ccc3c4c(ccc3c2)-c2c(cc(N(c3ccccc3)c3ccc(C)cc3C)c3ccccc23)C4([Si](C)(C)C)[Si](C)(C)C)c(C)c1. The number of aryl methyl sites for hydroxylation is 4. The van der Waals surface area contributed by atoms with Gasteiger partial charge in [-0.3, -0.25) is 0 Å². The smallest absolute Gasteiger partial charge is 0.0579 e. The minimum absolute atomic E-state index is 0.0815. The van der Waals surface area contributed by atoms with Crippen LogP contribution >= 0.6 is 0 Å². The zero-order chi connectivity index (χ0) is 41.4. The van der Waals surface area contributed by atoms with Gasteiger partial charge in [-0.2, -0.15) is 0 Å². The van der Waals surface area contributed by atoms with Crippen molar-refractivity contribution >= 4 is 71.8 Å². The highest BCUT2D eigenvalue weighted by Crippen LogP contribution is 2.62. The van der Waals surface area contributed by atoms with Crippen LogP contribution < -0.4 is 9.80 Å². The van der Waals surface area contributed by atoms with Crippen molar-refractivity contribution in [3.8, 4) is 11.1 Å². The first-order valence-electron chi connectivity index (χ1n) is 21.2. The molecule has 0 heterocycles. The Balaban J connectivity index is 1.36. The third kappa shape index (κ3) is 6.10. The Hall–Kier alpha value is -5.69. The zero-order valence-corrected chi connectivity index (χ0v) is 38.4. The fraction of sp³-hybridized carbons (Fsp3) is 0.200. The van der Waals surface area contributed by atoms with E-state index in [0.717, 1.165) is 5.69 Å². The molecule has 0 radical (unpaired) electrons. The van der Waals surface area contributed by atoms with Gasteiger partial charge in [0.25, 0.3) is 0 Å². The number of anilines is 6. The molecular weight excluding hydrogens is 745 g/mol. The lowest BCUT2D eigenvalue weighted by molar-refractivity contribution is 0.962. The van der Waals surface area contributed by atoms with Gasteiger partial charge in [-0.15, -0.1) is 0 Å². The summed E-state index contributed by atoms with van der Waals surface area (Å²) in [5.41, 5.74) is 18.2. The summed E-state index contributed by atoms with van der Waals surface area (Å²) in [5, 5.41) is 5.31.